The van der Waals surface area contributed by atoms with E-state index in [-0.39, 0.29) is 23.8 Å². The Hall–Kier alpha value is -1.91. The number of fused-ring (bicyclic) bond motifs is 1. The van der Waals surface area contributed by atoms with E-state index in [2.05, 4.69) is 5.32 Å². The van der Waals surface area contributed by atoms with E-state index in [1.165, 1.54) is 6.07 Å². The molecule has 0 aromatic heterocycles. The monoisotopic (exact) mass is 304 g/mol. The van der Waals surface area contributed by atoms with E-state index in [1.54, 1.807) is 24.0 Å². The van der Waals surface area contributed by atoms with Crippen LogP contribution in [0.3, 0.4) is 0 Å². The molecule has 2 atom stereocenters. The van der Waals surface area contributed by atoms with Crippen molar-refractivity contribution in [1.29, 1.82) is 0 Å². The number of rotatable bonds is 1. The standard InChI is InChI=1S/C17H21FN2O2/c1-11-10-12(6-7-14(11)18)19-17(22)20-9-8-16(21)13-4-2-3-5-15(13)20/h6-7,10,13,15H,2-5,8-9H2,1H3,(H,19,22)/t13-,15-/m0/s1. The Morgan fingerprint density at radius 1 is 1.32 bits per heavy atom. The number of hydrogen-bond acceptors (Lipinski definition) is 2. The SMILES string of the molecule is Cc1cc(NC(=O)N2CCC(=O)[C@H]3CCCC[C@@H]32)ccc1F. The third kappa shape index (κ3) is 2.85. The molecule has 1 saturated heterocycles. The fourth-order valence-corrected chi connectivity index (χ4v) is 3.61. The molecule has 0 bridgehead atoms. The highest BCUT2D eigenvalue weighted by molar-refractivity contribution is 5.92. The molecule has 118 valence electrons. The average molecular weight is 304 g/mol. The van der Waals surface area contributed by atoms with Gasteiger partial charge in [-0.1, -0.05) is 12.8 Å². The molecule has 1 N–H and O–H groups in total. The largest absolute Gasteiger partial charge is 0.322 e. The maximum absolute atomic E-state index is 13.3. The Bertz CT molecular complexity index is 602. The Balaban J connectivity index is 1.73. The second kappa shape index (κ2) is 6.07. The van der Waals surface area contributed by atoms with Gasteiger partial charge in [-0.3, -0.25) is 4.79 Å². The summed E-state index contributed by atoms with van der Waals surface area (Å²) in [6.45, 7) is 2.15. The highest BCUT2D eigenvalue weighted by Crippen LogP contribution is 2.33. The average Bonchev–Trinajstić information content (AvgIpc) is 2.51. The van der Waals surface area contributed by atoms with E-state index in [0.717, 1.165) is 25.7 Å². The van der Waals surface area contributed by atoms with Crippen LogP contribution in [0.5, 0.6) is 0 Å². The fraction of sp³-hybridized carbons (Fsp3) is 0.529. The Morgan fingerprint density at radius 3 is 2.86 bits per heavy atom. The molecule has 1 aromatic rings. The number of hydrogen-bond donors (Lipinski definition) is 1. The first-order valence-corrected chi connectivity index (χ1v) is 7.93. The van der Waals surface area contributed by atoms with Gasteiger partial charge in [0.05, 0.1) is 0 Å². The molecule has 0 unspecified atom stereocenters. The van der Waals surface area contributed by atoms with Crippen LogP contribution in [0.2, 0.25) is 0 Å². The second-order valence-corrected chi connectivity index (χ2v) is 6.26. The van der Waals surface area contributed by atoms with Crippen LogP contribution < -0.4 is 5.32 Å². The van der Waals surface area contributed by atoms with Crippen molar-refractivity contribution in [2.24, 2.45) is 5.92 Å². The number of nitrogens with zero attached hydrogens (tertiary/aromatic N) is 1. The smallest absolute Gasteiger partial charge is 0.320 e. The van der Waals surface area contributed by atoms with Gasteiger partial charge in [0.2, 0.25) is 0 Å². The summed E-state index contributed by atoms with van der Waals surface area (Å²) in [5.41, 5.74) is 1.09. The first-order chi connectivity index (χ1) is 10.6. The lowest BCUT2D eigenvalue weighted by Crippen LogP contribution is -2.54. The van der Waals surface area contributed by atoms with Crippen molar-refractivity contribution in [1.82, 2.24) is 4.90 Å². The number of urea groups is 1. The molecule has 2 amide bonds. The quantitative estimate of drug-likeness (QED) is 0.863. The maximum Gasteiger partial charge on any atom is 0.322 e. The Morgan fingerprint density at radius 2 is 2.09 bits per heavy atom. The van der Waals surface area contributed by atoms with Gasteiger partial charge in [-0.25, -0.2) is 9.18 Å². The number of carbonyl (C=O) groups excluding carboxylic acids is 2. The van der Waals surface area contributed by atoms with Gasteiger partial charge in [-0.05, 0) is 43.5 Å². The zero-order chi connectivity index (χ0) is 15.7. The highest BCUT2D eigenvalue weighted by Gasteiger charge is 2.40. The van der Waals surface area contributed by atoms with Crippen LogP contribution in [0.15, 0.2) is 18.2 Å². The third-order valence-electron chi connectivity index (χ3n) is 4.81. The summed E-state index contributed by atoms with van der Waals surface area (Å²) < 4.78 is 13.3. The fourth-order valence-electron chi connectivity index (χ4n) is 3.61. The van der Waals surface area contributed by atoms with Gasteiger partial charge in [0.15, 0.2) is 0 Å². The van der Waals surface area contributed by atoms with Crippen LogP contribution in [0, 0.1) is 18.7 Å². The number of aryl methyl sites for hydroxylation is 1. The van der Waals surface area contributed by atoms with Gasteiger partial charge in [-0.15, -0.1) is 0 Å². The van der Waals surface area contributed by atoms with Crippen LogP contribution in [0.1, 0.15) is 37.7 Å². The maximum atomic E-state index is 13.3. The molecular weight excluding hydrogens is 283 g/mol. The number of piperidine rings is 1. The topological polar surface area (TPSA) is 49.4 Å². The molecule has 2 fully saturated rings. The normalized spacial score (nSPS) is 24.8. The van der Waals surface area contributed by atoms with Gasteiger partial charge < -0.3 is 10.2 Å². The van der Waals surface area contributed by atoms with Crippen LogP contribution in [0.4, 0.5) is 14.9 Å². The molecular formula is C17H21FN2O2. The van der Waals surface area contributed by atoms with Gasteiger partial charge in [0.25, 0.3) is 0 Å². The molecule has 0 radical (unpaired) electrons. The van der Waals surface area contributed by atoms with Crippen LogP contribution >= 0.6 is 0 Å². The minimum absolute atomic E-state index is 0.00297. The summed E-state index contributed by atoms with van der Waals surface area (Å²) in [5.74, 6) is 0.0171. The van der Waals surface area contributed by atoms with Crippen molar-refractivity contribution in [3.63, 3.8) is 0 Å². The molecule has 22 heavy (non-hydrogen) atoms. The second-order valence-electron chi connectivity index (χ2n) is 6.26. The van der Waals surface area contributed by atoms with Gasteiger partial charge >= 0.3 is 6.03 Å². The van der Waals surface area contributed by atoms with E-state index >= 15 is 0 Å². The first kappa shape index (κ1) is 15.0. The molecule has 3 rings (SSSR count). The molecule has 0 spiro atoms. The summed E-state index contributed by atoms with van der Waals surface area (Å²) in [4.78, 5) is 26.4. The zero-order valence-corrected chi connectivity index (χ0v) is 12.8. The van der Waals surface area contributed by atoms with E-state index in [1.807, 2.05) is 0 Å². The number of carbonyl (C=O) groups is 2. The molecule has 2 aliphatic rings. The Kier molecular flexibility index (Phi) is 4.14. The van der Waals surface area contributed by atoms with Crippen molar-refractivity contribution in [2.75, 3.05) is 11.9 Å². The molecule has 5 heteroatoms. The van der Waals surface area contributed by atoms with Crippen LogP contribution in [-0.4, -0.2) is 29.3 Å². The van der Waals surface area contributed by atoms with E-state index in [4.69, 9.17) is 0 Å². The number of Topliss-reactive ketones (excluding diaryl/α,β-unsaturated/α-hetero) is 1. The number of ketones is 1. The minimum Gasteiger partial charge on any atom is -0.320 e. The molecule has 4 nitrogen and oxygen atoms in total. The van der Waals surface area contributed by atoms with Crippen molar-refractivity contribution >= 4 is 17.5 Å². The molecule has 1 aromatic carbocycles. The van der Waals surface area contributed by atoms with Crippen LogP contribution in [0.25, 0.3) is 0 Å². The highest BCUT2D eigenvalue weighted by atomic mass is 19.1. The summed E-state index contributed by atoms with van der Waals surface area (Å²) >= 11 is 0. The predicted octanol–water partition coefficient (Wildman–Crippen LogP) is 3.50. The van der Waals surface area contributed by atoms with Crippen molar-refractivity contribution < 1.29 is 14.0 Å². The van der Waals surface area contributed by atoms with Crippen molar-refractivity contribution in [2.45, 2.75) is 45.1 Å². The molecule has 1 saturated carbocycles. The number of halogens is 1. The first-order valence-electron chi connectivity index (χ1n) is 7.93. The lowest BCUT2D eigenvalue weighted by atomic mass is 9.77. The van der Waals surface area contributed by atoms with Gasteiger partial charge in [0, 0.05) is 30.6 Å². The van der Waals surface area contributed by atoms with E-state index in [9.17, 15) is 14.0 Å². The van der Waals surface area contributed by atoms with Crippen LogP contribution in [-0.2, 0) is 4.79 Å². The summed E-state index contributed by atoms with van der Waals surface area (Å²) in [6, 6.07) is 4.38. The van der Waals surface area contributed by atoms with Gasteiger partial charge in [-0.2, -0.15) is 0 Å². The summed E-state index contributed by atoms with van der Waals surface area (Å²) in [5, 5.41) is 2.84. The summed E-state index contributed by atoms with van der Waals surface area (Å²) in [6.07, 6.45) is 4.36. The number of benzene rings is 1. The number of anilines is 1. The number of amides is 2. The third-order valence-corrected chi connectivity index (χ3v) is 4.81. The van der Waals surface area contributed by atoms with E-state index in [0.29, 0.717) is 30.0 Å². The lowest BCUT2D eigenvalue weighted by Gasteiger charge is -2.42. The molecule has 1 aliphatic heterocycles. The number of nitrogens with one attached hydrogen (secondary N) is 1. The number of likely N-dealkylation sites (tertiary alicyclic amines) is 1. The summed E-state index contributed by atoms with van der Waals surface area (Å²) in [7, 11) is 0. The predicted molar refractivity (Wildman–Crippen MR) is 82.2 cm³/mol. The van der Waals surface area contributed by atoms with Crippen molar-refractivity contribution in [3.8, 4) is 0 Å². The minimum atomic E-state index is -0.283. The lowest BCUT2D eigenvalue weighted by molar-refractivity contribution is -0.129. The van der Waals surface area contributed by atoms with Crippen molar-refractivity contribution in [3.05, 3.63) is 29.6 Å². The molecule has 1 heterocycles. The molecule has 1 aliphatic carbocycles. The van der Waals surface area contributed by atoms with E-state index < -0.39 is 0 Å². The van der Waals surface area contributed by atoms with Gasteiger partial charge in [0.1, 0.15) is 11.6 Å². The Labute approximate surface area is 129 Å². The zero-order valence-electron chi connectivity index (χ0n) is 12.8.